The Morgan fingerprint density at radius 3 is 2.48 bits per heavy atom. The molecule has 2 N–H and O–H groups in total. The Hall–Kier alpha value is -3.53. The zero-order chi connectivity index (χ0) is 18.2. The number of carbonyl (C=O) groups is 1. The van der Waals surface area contributed by atoms with Crippen molar-refractivity contribution in [3.63, 3.8) is 0 Å². The van der Waals surface area contributed by atoms with E-state index in [4.69, 9.17) is 0 Å². The number of benzene rings is 3. The van der Waals surface area contributed by atoms with Gasteiger partial charge in [0.2, 0.25) is 0 Å². The van der Waals surface area contributed by atoms with E-state index in [1.165, 1.54) is 0 Å². The summed E-state index contributed by atoms with van der Waals surface area (Å²) in [6.07, 6.45) is 1.77. The van der Waals surface area contributed by atoms with E-state index in [0.29, 0.717) is 12.1 Å². The van der Waals surface area contributed by atoms with Gasteiger partial charge in [-0.1, -0.05) is 60.7 Å². The van der Waals surface area contributed by atoms with Crippen LogP contribution in [0.25, 0.3) is 10.9 Å². The van der Waals surface area contributed by atoms with Crippen molar-refractivity contribution >= 4 is 22.5 Å². The molecular weight excluding hydrogens is 334 g/mol. The quantitative estimate of drug-likeness (QED) is 0.548. The number of hydrogen-bond donors (Lipinski definition) is 2. The topological polar surface area (TPSA) is 48.1 Å². The van der Waals surface area contributed by atoms with Crippen LogP contribution in [-0.2, 0) is 6.54 Å². The Balaban J connectivity index is 1.63. The molecule has 0 spiro atoms. The van der Waals surface area contributed by atoms with Crippen LogP contribution in [0.3, 0.4) is 0 Å². The van der Waals surface area contributed by atoms with Crippen LogP contribution in [0, 0.1) is 0 Å². The number of nitrogens with one attached hydrogen (secondary N) is 2. The summed E-state index contributed by atoms with van der Waals surface area (Å²) in [5.41, 5.74) is 4.84. The highest BCUT2D eigenvalue weighted by Gasteiger charge is 2.33. The van der Waals surface area contributed by atoms with E-state index in [9.17, 15) is 4.79 Å². The molecule has 0 bridgehead atoms. The average Bonchev–Trinajstić information content (AvgIpc) is 3.15. The lowest BCUT2D eigenvalue weighted by atomic mass is 10.0. The fraction of sp³-hybridized carbons (Fsp3) is 0.0870. The van der Waals surface area contributed by atoms with E-state index in [1.807, 2.05) is 65.7 Å². The molecule has 0 fully saturated rings. The molecule has 132 valence electrons. The average molecular weight is 353 g/mol. The van der Waals surface area contributed by atoms with Crippen LogP contribution in [0.4, 0.5) is 5.69 Å². The van der Waals surface area contributed by atoms with Crippen molar-refractivity contribution in [3.8, 4) is 0 Å². The fourth-order valence-electron chi connectivity index (χ4n) is 3.80. The Kier molecular flexibility index (Phi) is 3.68. The third kappa shape index (κ3) is 2.66. The zero-order valence-corrected chi connectivity index (χ0v) is 14.7. The molecule has 3 aromatic carbocycles. The molecule has 1 amide bonds. The van der Waals surface area contributed by atoms with E-state index >= 15 is 0 Å². The monoisotopic (exact) mass is 353 g/mol. The number of amides is 1. The van der Waals surface area contributed by atoms with Gasteiger partial charge in [0.15, 0.2) is 0 Å². The molecule has 4 nitrogen and oxygen atoms in total. The zero-order valence-electron chi connectivity index (χ0n) is 14.7. The first-order valence-corrected chi connectivity index (χ1v) is 9.08. The van der Waals surface area contributed by atoms with Crippen molar-refractivity contribution in [1.29, 1.82) is 0 Å². The standard InChI is InChI=1S/C23H19N3O/c27-23-18-11-5-7-13-21(18)25-22(26(23)15-16-8-2-1-3-9-16)19-14-24-20-12-6-4-10-17(19)20/h1-14,22,24-25H,15H2/t22-/m1/s1. The molecule has 0 saturated heterocycles. The summed E-state index contributed by atoms with van der Waals surface area (Å²) in [4.78, 5) is 18.6. The number of aromatic amines is 1. The molecule has 1 aliphatic heterocycles. The predicted molar refractivity (Wildman–Crippen MR) is 107 cm³/mol. The number of anilines is 1. The van der Waals surface area contributed by atoms with E-state index < -0.39 is 0 Å². The second kappa shape index (κ2) is 6.32. The SMILES string of the molecule is O=C1c2ccccc2N[C@@H](c2c[nH]c3ccccc23)N1Cc1ccccc1. The third-order valence-electron chi connectivity index (χ3n) is 5.13. The van der Waals surface area contributed by atoms with Crippen LogP contribution in [0.15, 0.2) is 85.1 Å². The van der Waals surface area contributed by atoms with Gasteiger partial charge in [0, 0.05) is 34.9 Å². The molecule has 5 rings (SSSR count). The van der Waals surface area contributed by atoms with Gasteiger partial charge >= 0.3 is 0 Å². The summed E-state index contributed by atoms with van der Waals surface area (Å²) < 4.78 is 0. The molecule has 2 heterocycles. The van der Waals surface area contributed by atoms with Crippen LogP contribution < -0.4 is 5.32 Å². The van der Waals surface area contributed by atoms with Crippen molar-refractivity contribution in [3.05, 3.63) is 102 Å². The summed E-state index contributed by atoms with van der Waals surface area (Å²) in [5, 5.41) is 4.70. The summed E-state index contributed by atoms with van der Waals surface area (Å²) in [6.45, 7) is 0.547. The van der Waals surface area contributed by atoms with Gasteiger partial charge in [-0.15, -0.1) is 0 Å². The summed E-state index contributed by atoms with van der Waals surface area (Å²) in [6, 6.07) is 26.0. The maximum absolute atomic E-state index is 13.3. The van der Waals surface area contributed by atoms with Crippen LogP contribution >= 0.6 is 0 Å². The van der Waals surface area contributed by atoms with Crippen molar-refractivity contribution < 1.29 is 4.79 Å². The minimum Gasteiger partial charge on any atom is -0.361 e. The van der Waals surface area contributed by atoms with Crippen molar-refractivity contribution in [2.45, 2.75) is 12.7 Å². The van der Waals surface area contributed by atoms with E-state index in [1.54, 1.807) is 0 Å². The van der Waals surface area contributed by atoms with E-state index in [2.05, 4.69) is 34.6 Å². The third-order valence-corrected chi connectivity index (χ3v) is 5.13. The number of nitrogens with zero attached hydrogens (tertiary/aromatic N) is 1. The first-order valence-electron chi connectivity index (χ1n) is 9.08. The minimum atomic E-state index is -0.233. The maximum atomic E-state index is 13.3. The second-order valence-corrected chi connectivity index (χ2v) is 6.80. The van der Waals surface area contributed by atoms with E-state index in [-0.39, 0.29) is 12.1 Å². The number of rotatable bonds is 3. The largest absolute Gasteiger partial charge is 0.361 e. The van der Waals surface area contributed by atoms with Gasteiger partial charge in [0.25, 0.3) is 5.91 Å². The second-order valence-electron chi connectivity index (χ2n) is 6.80. The summed E-state index contributed by atoms with van der Waals surface area (Å²) in [7, 11) is 0. The van der Waals surface area contributed by atoms with Crippen LogP contribution in [0.5, 0.6) is 0 Å². The lowest BCUT2D eigenvalue weighted by Crippen LogP contribution is -2.42. The van der Waals surface area contributed by atoms with Gasteiger partial charge in [0.05, 0.1) is 5.56 Å². The molecule has 0 unspecified atom stereocenters. The first kappa shape index (κ1) is 15.7. The summed E-state index contributed by atoms with van der Waals surface area (Å²) in [5.74, 6) is 0.0449. The van der Waals surface area contributed by atoms with Crippen LogP contribution in [-0.4, -0.2) is 15.8 Å². The molecule has 1 aromatic heterocycles. The Labute approximate surface area is 157 Å². The van der Waals surface area contributed by atoms with Crippen molar-refractivity contribution in [2.24, 2.45) is 0 Å². The van der Waals surface area contributed by atoms with Crippen LogP contribution in [0.2, 0.25) is 0 Å². The fourth-order valence-corrected chi connectivity index (χ4v) is 3.80. The normalized spacial score (nSPS) is 16.2. The Bertz CT molecular complexity index is 1120. The van der Waals surface area contributed by atoms with Gasteiger partial charge in [-0.25, -0.2) is 0 Å². The van der Waals surface area contributed by atoms with Gasteiger partial charge in [-0.2, -0.15) is 0 Å². The molecular formula is C23H19N3O. The summed E-state index contributed by atoms with van der Waals surface area (Å²) >= 11 is 0. The highest BCUT2D eigenvalue weighted by molar-refractivity contribution is 6.02. The number of H-pyrrole nitrogens is 1. The van der Waals surface area contributed by atoms with E-state index in [0.717, 1.165) is 27.7 Å². The lowest BCUT2D eigenvalue weighted by Gasteiger charge is -2.38. The molecule has 0 radical (unpaired) electrons. The smallest absolute Gasteiger partial charge is 0.258 e. The number of para-hydroxylation sites is 2. The maximum Gasteiger partial charge on any atom is 0.258 e. The molecule has 0 saturated carbocycles. The van der Waals surface area contributed by atoms with Gasteiger partial charge in [0.1, 0.15) is 6.17 Å². The highest BCUT2D eigenvalue weighted by Crippen LogP contribution is 2.36. The number of carbonyl (C=O) groups excluding carboxylic acids is 1. The predicted octanol–water partition coefficient (Wildman–Crippen LogP) is 4.93. The Morgan fingerprint density at radius 1 is 0.852 bits per heavy atom. The van der Waals surface area contributed by atoms with Gasteiger partial charge < -0.3 is 15.2 Å². The molecule has 4 heteroatoms. The molecule has 4 aromatic rings. The minimum absolute atomic E-state index is 0.0449. The molecule has 1 atom stereocenters. The van der Waals surface area contributed by atoms with Gasteiger partial charge in [-0.05, 0) is 23.8 Å². The Morgan fingerprint density at radius 2 is 1.59 bits per heavy atom. The van der Waals surface area contributed by atoms with Crippen molar-refractivity contribution in [2.75, 3.05) is 5.32 Å². The molecule has 1 aliphatic rings. The van der Waals surface area contributed by atoms with Crippen LogP contribution in [0.1, 0.15) is 27.7 Å². The van der Waals surface area contributed by atoms with Gasteiger partial charge in [-0.3, -0.25) is 4.79 Å². The number of aromatic nitrogens is 1. The lowest BCUT2D eigenvalue weighted by molar-refractivity contribution is 0.0668. The molecule has 0 aliphatic carbocycles. The first-order chi connectivity index (χ1) is 13.3. The highest BCUT2D eigenvalue weighted by atomic mass is 16.2. The van der Waals surface area contributed by atoms with Crippen molar-refractivity contribution in [1.82, 2.24) is 9.88 Å². The number of hydrogen-bond acceptors (Lipinski definition) is 2. The molecule has 27 heavy (non-hydrogen) atoms. The number of fused-ring (bicyclic) bond motifs is 2.